The number of carbonyl (C=O) groups excluding carboxylic acids is 1. The molecule has 5 nitrogen and oxygen atoms in total. The second-order valence-corrected chi connectivity index (χ2v) is 7.94. The molecule has 31 heavy (non-hydrogen) atoms. The van der Waals surface area contributed by atoms with Gasteiger partial charge in [0.1, 0.15) is 18.1 Å². The molecule has 0 unspecified atom stereocenters. The Morgan fingerprint density at radius 1 is 1.03 bits per heavy atom. The highest BCUT2D eigenvalue weighted by molar-refractivity contribution is 9.10. The van der Waals surface area contributed by atoms with E-state index in [1.165, 1.54) is 5.56 Å². The molecule has 0 saturated carbocycles. The van der Waals surface area contributed by atoms with E-state index in [4.69, 9.17) is 9.47 Å². The number of ether oxygens (including phenoxy) is 2. The number of aryl methyl sites for hydroxylation is 1. The minimum atomic E-state index is -0.299. The summed E-state index contributed by atoms with van der Waals surface area (Å²) in [6, 6.07) is 20.8. The maximum Gasteiger partial charge on any atom is 0.271 e. The zero-order valence-corrected chi connectivity index (χ0v) is 19.2. The Hall–Kier alpha value is -3.12. The third-order valence-electron chi connectivity index (χ3n) is 4.45. The van der Waals surface area contributed by atoms with E-state index in [1.54, 1.807) is 30.5 Å². The first-order valence-electron chi connectivity index (χ1n) is 10.1. The number of halogens is 1. The van der Waals surface area contributed by atoms with Crippen molar-refractivity contribution in [3.63, 3.8) is 0 Å². The highest BCUT2D eigenvalue weighted by Crippen LogP contribution is 2.22. The van der Waals surface area contributed by atoms with Crippen LogP contribution in [0.15, 0.2) is 76.3 Å². The first kappa shape index (κ1) is 22.6. The van der Waals surface area contributed by atoms with Crippen molar-refractivity contribution >= 4 is 28.1 Å². The van der Waals surface area contributed by atoms with Gasteiger partial charge in [0.05, 0.1) is 12.8 Å². The molecule has 0 aliphatic rings. The monoisotopic (exact) mass is 480 g/mol. The fourth-order valence-electron chi connectivity index (χ4n) is 2.74. The summed E-state index contributed by atoms with van der Waals surface area (Å²) < 4.78 is 12.4. The van der Waals surface area contributed by atoms with Gasteiger partial charge >= 0.3 is 0 Å². The molecule has 1 N–H and O–H groups in total. The van der Waals surface area contributed by atoms with Crippen LogP contribution in [0.3, 0.4) is 0 Å². The van der Waals surface area contributed by atoms with E-state index in [9.17, 15) is 4.79 Å². The molecule has 0 spiro atoms. The van der Waals surface area contributed by atoms with Gasteiger partial charge in [0.15, 0.2) is 0 Å². The van der Waals surface area contributed by atoms with E-state index in [0.717, 1.165) is 27.8 Å². The van der Waals surface area contributed by atoms with E-state index in [2.05, 4.69) is 45.5 Å². The summed E-state index contributed by atoms with van der Waals surface area (Å²) in [5.41, 5.74) is 6.14. The van der Waals surface area contributed by atoms with Crippen molar-refractivity contribution in [2.24, 2.45) is 5.10 Å². The fourth-order valence-corrected chi connectivity index (χ4v) is 3.12. The van der Waals surface area contributed by atoms with Gasteiger partial charge in [-0.05, 0) is 61.4 Å². The van der Waals surface area contributed by atoms with Crippen molar-refractivity contribution < 1.29 is 14.3 Å². The summed E-state index contributed by atoms with van der Waals surface area (Å²) in [5.74, 6) is 1.12. The Labute approximate surface area is 191 Å². The minimum absolute atomic E-state index is 0.299. The minimum Gasteiger partial charge on any atom is -0.493 e. The Balaban J connectivity index is 1.56. The molecule has 0 radical (unpaired) electrons. The molecule has 3 rings (SSSR count). The average Bonchev–Trinajstić information content (AvgIpc) is 2.78. The second-order valence-electron chi connectivity index (χ2n) is 7.03. The van der Waals surface area contributed by atoms with E-state index >= 15 is 0 Å². The maximum atomic E-state index is 12.4. The largest absolute Gasteiger partial charge is 0.493 e. The van der Waals surface area contributed by atoms with Crippen LogP contribution < -0.4 is 14.9 Å². The summed E-state index contributed by atoms with van der Waals surface area (Å²) in [5, 5.41) is 4.08. The molecule has 0 aromatic heterocycles. The molecule has 0 aliphatic heterocycles. The number of amides is 1. The number of rotatable bonds is 9. The van der Waals surface area contributed by atoms with Crippen molar-refractivity contribution in [3.8, 4) is 11.5 Å². The van der Waals surface area contributed by atoms with Crippen LogP contribution in [-0.4, -0.2) is 18.7 Å². The Bertz CT molecular complexity index is 1030. The quantitative estimate of drug-likeness (QED) is 0.306. The summed E-state index contributed by atoms with van der Waals surface area (Å²) >= 11 is 3.44. The van der Waals surface area contributed by atoms with Gasteiger partial charge < -0.3 is 9.47 Å². The number of hydrogen-bond donors (Lipinski definition) is 1. The number of hydrogen-bond acceptors (Lipinski definition) is 4. The molecule has 6 heteroatoms. The molecule has 0 bridgehead atoms. The SMILES string of the molecule is CCCOc1ccc(Br)cc1/C=N\NC(=O)c1ccc(OCc2ccc(C)cc2)cc1. The fraction of sp³-hybridized carbons (Fsp3) is 0.200. The van der Waals surface area contributed by atoms with Gasteiger partial charge in [-0.25, -0.2) is 5.43 Å². The first-order chi connectivity index (χ1) is 15.0. The lowest BCUT2D eigenvalue weighted by Gasteiger charge is -2.08. The first-order valence-corrected chi connectivity index (χ1v) is 10.9. The van der Waals surface area contributed by atoms with Crippen LogP contribution in [0.4, 0.5) is 0 Å². The number of nitrogens with one attached hydrogen (secondary N) is 1. The molecule has 0 saturated heterocycles. The third-order valence-corrected chi connectivity index (χ3v) is 4.94. The zero-order valence-electron chi connectivity index (χ0n) is 17.6. The summed E-state index contributed by atoms with van der Waals surface area (Å²) in [7, 11) is 0. The summed E-state index contributed by atoms with van der Waals surface area (Å²) in [6.45, 7) is 5.19. The molecule has 160 valence electrons. The van der Waals surface area contributed by atoms with Crippen LogP contribution in [-0.2, 0) is 6.61 Å². The number of hydrazone groups is 1. The van der Waals surface area contributed by atoms with Crippen molar-refractivity contribution in [1.29, 1.82) is 0 Å². The van der Waals surface area contributed by atoms with E-state index in [-0.39, 0.29) is 5.91 Å². The standard InChI is InChI=1S/C25H25BrN2O3/c1-3-14-30-24-13-10-22(26)15-21(24)16-27-28-25(29)20-8-11-23(12-9-20)31-17-19-6-4-18(2)5-7-19/h4-13,15-16H,3,14,17H2,1-2H3,(H,28,29)/b27-16-. The van der Waals surface area contributed by atoms with E-state index in [1.807, 2.05) is 37.3 Å². The van der Waals surface area contributed by atoms with Gasteiger partial charge in [-0.2, -0.15) is 5.10 Å². The lowest BCUT2D eigenvalue weighted by atomic mass is 10.2. The molecular formula is C25H25BrN2O3. The molecule has 3 aromatic rings. The summed E-state index contributed by atoms with van der Waals surface area (Å²) in [4.78, 5) is 12.4. The zero-order chi connectivity index (χ0) is 22.1. The van der Waals surface area contributed by atoms with Crippen molar-refractivity contribution in [3.05, 3.63) is 93.5 Å². The van der Waals surface area contributed by atoms with Crippen LogP contribution in [0, 0.1) is 6.92 Å². The van der Waals surface area contributed by atoms with Crippen molar-refractivity contribution in [2.45, 2.75) is 26.9 Å². The number of benzene rings is 3. The normalized spacial score (nSPS) is 10.8. The molecule has 0 fully saturated rings. The number of nitrogens with zero attached hydrogens (tertiary/aromatic N) is 1. The summed E-state index contributed by atoms with van der Waals surface area (Å²) in [6.07, 6.45) is 2.49. The van der Waals surface area contributed by atoms with Gasteiger partial charge in [-0.15, -0.1) is 0 Å². The molecular weight excluding hydrogens is 456 g/mol. The highest BCUT2D eigenvalue weighted by Gasteiger charge is 2.06. The Morgan fingerprint density at radius 2 is 1.77 bits per heavy atom. The third kappa shape index (κ3) is 6.96. The van der Waals surface area contributed by atoms with Crippen molar-refractivity contribution in [1.82, 2.24) is 5.43 Å². The maximum absolute atomic E-state index is 12.4. The molecule has 0 atom stereocenters. The van der Waals surface area contributed by atoms with Crippen LogP contribution in [0.5, 0.6) is 11.5 Å². The molecule has 3 aromatic carbocycles. The highest BCUT2D eigenvalue weighted by atomic mass is 79.9. The molecule has 0 aliphatic carbocycles. The van der Waals surface area contributed by atoms with Gasteiger partial charge in [0.2, 0.25) is 0 Å². The lowest BCUT2D eigenvalue weighted by Crippen LogP contribution is -2.17. The van der Waals surface area contributed by atoms with Gasteiger partial charge in [0.25, 0.3) is 5.91 Å². The molecule has 1 amide bonds. The smallest absolute Gasteiger partial charge is 0.271 e. The van der Waals surface area contributed by atoms with Crippen LogP contribution in [0.25, 0.3) is 0 Å². The molecule has 0 heterocycles. The van der Waals surface area contributed by atoms with Crippen LogP contribution >= 0.6 is 15.9 Å². The van der Waals surface area contributed by atoms with Crippen LogP contribution in [0.1, 0.15) is 40.4 Å². The second kappa shape index (κ2) is 11.3. The number of carbonyl (C=O) groups is 1. The van der Waals surface area contributed by atoms with Crippen LogP contribution in [0.2, 0.25) is 0 Å². The Morgan fingerprint density at radius 3 is 2.48 bits per heavy atom. The predicted molar refractivity (Wildman–Crippen MR) is 127 cm³/mol. The van der Waals surface area contributed by atoms with Gasteiger partial charge in [0, 0.05) is 15.6 Å². The topological polar surface area (TPSA) is 59.9 Å². The van der Waals surface area contributed by atoms with Gasteiger partial charge in [-0.3, -0.25) is 4.79 Å². The van der Waals surface area contributed by atoms with Gasteiger partial charge in [-0.1, -0.05) is 52.7 Å². The van der Waals surface area contributed by atoms with E-state index in [0.29, 0.717) is 24.5 Å². The average molecular weight is 481 g/mol. The predicted octanol–water partition coefficient (Wildman–Crippen LogP) is 5.89. The Kier molecular flexibility index (Phi) is 8.24. The van der Waals surface area contributed by atoms with Crippen molar-refractivity contribution in [2.75, 3.05) is 6.61 Å². The van der Waals surface area contributed by atoms with E-state index < -0.39 is 0 Å². The lowest BCUT2D eigenvalue weighted by molar-refractivity contribution is 0.0955.